The van der Waals surface area contributed by atoms with Gasteiger partial charge in [-0.25, -0.2) is 0 Å². The van der Waals surface area contributed by atoms with Crippen molar-refractivity contribution in [1.82, 2.24) is 0 Å². The van der Waals surface area contributed by atoms with E-state index in [1.54, 1.807) is 6.92 Å². The second kappa shape index (κ2) is 13.1. The number of hydrogen-bond donors (Lipinski definition) is 8. The molecule has 16 heteroatoms. The minimum Gasteiger partial charge on any atom is -0.462 e. The monoisotopic (exact) mass is 622 g/mol. The van der Waals surface area contributed by atoms with Gasteiger partial charge in [-0.05, 0) is 12.0 Å². The molecular weight excluding hydrogens is 580 g/mol. The molecule has 1 aliphatic carbocycles. The minimum absolute atomic E-state index is 0.0701. The molecule has 4 aliphatic heterocycles. The number of ether oxygens (including phenoxy) is 7. The summed E-state index contributed by atoms with van der Waals surface area (Å²) in [7, 11) is 0. The van der Waals surface area contributed by atoms with Gasteiger partial charge in [0.05, 0.1) is 62.8 Å². The Bertz CT molecular complexity index is 1010. The van der Waals surface area contributed by atoms with Crippen molar-refractivity contribution in [3.05, 3.63) is 11.8 Å². The Morgan fingerprint density at radius 1 is 1.00 bits per heavy atom. The predicted molar refractivity (Wildman–Crippen MR) is 137 cm³/mol. The summed E-state index contributed by atoms with van der Waals surface area (Å²) in [6, 6.07) is 0. The van der Waals surface area contributed by atoms with Gasteiger partial charge in [0.25, 0.3) is 0 Å². The van der Waals surface area contributed by atoms with Crippen LogP contribution in [0.15, 0.2) is 11.8 Å². The van der Waals surface area contributed by atoms with Gasteiger partial charge in [0.1, 0.15) is 42.2 Å². The van der Waals surface area contributed by atoms with Crippen molar-refractivity contribution in [2.24, 2.45) is 17.8 Å². The Hall–Kier alpha value is -1.51. The number of carbonyl (C=O) groups excluding carboxylic acids is 1. The highest BCUT2D eigenvalue weighted by molar-refractivity contribution is 5.72. The van der Waals surface area contributed by atoms with Crippen LogP contribution in [0.5, 0.6) is 0 Å². The second-order valence-corrected chi connectivity index (χ2v) is 11.9. The SMILES string of the molecule is CC[C@H](C)C(=O)O[C@@H]1OC=C(CO[C@H]2O[C@@H](CO[C@@H]3O[C@H](CO)[C@H](O)[C@H](O)[C@H]3O)C[C@H](O)[C@@H]2O)[C@H]2[C@@H]3O[C@@H]3[C@@](O)(CO)[C@@H]12. The number of fused-ring (bicyclic) bond motifs is 3. The summed E-state index contributed by atoms with van der Waals surface area (Å²) in [5, 5.41) is 81.8. The van der Waals surface area contributed by atoms with Gasteiger partial charge in [-0.1, -0.05) is 13.8 Å². The Balaban J connectivity index is 1.22. The first kappa shape index (κ1) is 32.9. The smallest absolute Gasteiger partial charge is 0.311 e. The van der Waals surface area contributed by atoms with Crippen molar-refractivity contribution in [2.75, 3.05) is 26.4 Å². The molecule has 0 aromatic carbocycles. The third-order valence-electron chi connectivity index (χ3n) is 9.12. The van der Waals surface area contributed by atoms with Gasteiger partial charge in [-0.2, -0.15) is 0 Å². The Morgan fingerprint density at radius 3 is 2.40 bits per heavy atom. The van der Waals surface area contributed by atoms with Gasteiger partial charge in [0, 0.05) is 12.3 Å². The van der Waals surface area contributed by atoms with Gasteiger partial charge in [-0.3, -0.25) is 4.79 Å². The van der Waals surface area contributed by atoms with E-state index in [4.69, 9.17) is 33.2 Å². The molecule has 1 saturated carbocycles. The summed E-state index contributed by atoms with van der Waals surface area (Å²) in [5.74, 6) is -2.33. The lowest BCUT2D eigenvalue weighted by Crippen LogP contribution is -2.59. The molecule has 0 aromatic rings. The van der Waals surface area contributed by atoms with Crippen LogP contribution in [0.25, 0.3) is 0 Å². The Morgan fingerprint density at radius 2 is 1.72 bits per heavy atom. The number of aliphatic hydroxyl groups is 8. The van der Waals surface area contributed by atoms with Crippen LogP contribution in [-0.4, -0.2) is 153 Å². The molecule has 246 valence electrons. The molecule has 4 fully saturated rings. The zero-order valence-electron chi connectivity index (χ0n) is 23.8. The van der Waals surface area contributed by atoms with Crippen molar-refractivity contribution >= 4 is 5.97 Å². The van der Waals surface area contributed by atoms with Crippen molar-refractivity contribution in [3.63, 3.8) is 0 Å². The molecule has 5 rings (SSSR count). The van der Waals surface area contributed by atoms with E-state index in [9.17, 15) is 45.6 Å². The zero-order chi connectivity index (χ0) is 31.2. The van der Waals surface area contributed by atoms with Crippen LogP contribution in [0.3, 0.4) is 0 Å². The van der Waals surface area contributed by atoms with Crippen molar-refractivity contribution in [1.29, 1.82) is 0 Å². The van der Waals surface area contributed by atoms with Crippen molar-refractivity contribution < 1.29 is 78.8 Å². The molecule has 0 spiro atoms. The van der Waals surface area contributed by atoms with Crippen LogP contribution >= 0.6 is 0 Å². The quantitative estimate of drug-likeness (QED) is 0.0814. The maximum absolute atomic E-state index is 12.5. The molecule has 5 aliphatic rings. The number of hydrogen-bond acceptors (Lipinski definition) is 16. The maximum atomic E-state index is 12.5. The standard InChI is InChI=1S/C27H42O16/c1-3-10(2)23(35)43-24-16-15(21-22(42-21)27(16,36)9-29)11(6-37-24)7-38-25-17(31)13(30)4-12(40-25)8-39-26-20(34)19(33)18(32)14(5-28)41-26/h6,10,12-22,24-26,28-34,36H,3-5,7-9H2,1-2H3/t10-,12+,13-,14+,15+,16+,17-,18-,19-,20+,21-,22-,24-,25-,26+,27+/m0/s1. The highest BCUT2D eigenvalue weighted by Crippen LogP contribution is 2.58. The largest absolute Gasteiger partial charge is 0.462 e. The normalized spacial score (nSPS) is 48.0. The molecule has 4 heterocycles. The minimum atomic E-state index is -1.74. The van der Waals surface area contributed by atoms with Gasteiger partial charge in [0.2, 0.25) is 6.29 Å². The third-order valence-corrected chi connectivity index (χ3v) is 9.12. The molecule has 3 saturated heterocycles. The van der Waals surface area contributed by atoms with E-state index >= 15 is 0 Å². The number of esters is 1. The first-order valence-corrected chi connectivity index (χ1v) is 14.5. The fourth-order valence-corrected chi connectivity index (χ4v) is 6.24. The van der Waals surface area contributed by atoms with E-state index < -0.39 is 116 Å². The van der Waals surface area contributed by atoms with E-state index in [2.05, 4.69) is 0 Å². The van der Waals surface area contributed by atoms with Crippen LogP contribution in [0.4, 0.5) is 0 Å². The third kappa shape index (κ3) is 6.18. The van der Waals surface area contributed by atoms with E-state index in [-0.39, 0.29) is 19.6 Å². The van der Waals surface area contributed by atoms with Crippen molar-refractivity contribution in [3.8, 4) is 0 Å². The highest BCUT2D eigenvalue weighted by atomic mass is 16.7. The van der Waals surface area contributed by atoms with Gasteiger partial charge >= 0.3 is 5.97 Å². The number of carbonyl (C=O) groups is 1. The summed E-state index contributed by atoms with van der Waals surface area (Å²) >= 11 is 0. The van der Waals surface area contributed by atoms with E-state index in [0.29, 0.717) is 12.0 Å². The fraction of sp³-hybridized carbons (Fsp3) is 0.889. The molecule has 43 heavy (non-hydrogen) atoms. The lowest BCUT2D eigenvalue weighted by molar-refractivity contribution is -0.318. The Kier molecular flexibility index (Phi) is 10.00. The molecular formula is C27H42O16. The molecule has 16 atom stereocenters. The summed E-state index contributed by atoms with van der Waals surface area (Å²) in [4.78, 5) is 12.5. The lowest BCUT2D eigenvalue weighted by Gasteiger charge is -2.42. The topological polar surface area (TPSA) is 247 Å². The Labute approximate surface area is 247 Å². The first-order chi connectivity index (χ1) is 20.4. The second-order valence-electron chi connectivity index (χ2n) is 11.9. The molecule has 0 radical (unpaired) electrons. The number of aliphatic hydroxyl groups excluding tert-OH is 7. The molecule has 0 unspecified atom stereocenters. The van der Waals surface area contributed by atoms with E-state index in [1.807, 2.05) is 6.92 Å². The van der Waals surface area contributed by atoms with Gasteiger partial charge in [-0.15, -0.1) is 0 Å². The summed E-state index contributed by atoms with van der Waals surface area (Å²) in [6.45, 7) is 1.78. The van der Waals surface area contributed by atoms with Crippen LogP contribution in [0, 0.1) is 17.8 Å². The van der Waals surface area contributed by atoms with Crippen molar-refractivity contribution in [2.45, 2.75) is 106 Å². The van der Waals surface area contributed by atoms with Gasteiger partial charge in [0.15, 0.2) is 12.6 Å². The van der Waals surface area contributed by atoms with E-state index in [1.165, 1.54) is 6.26 Å². The first-order valence-electron chi connectivity index (χ1n) is 14.5. The van der Waals surface area contributed by atoms with Crippen LogP contribution in [0.1, 0.15) is 26.7 Å². The molecule has 0 aromatic heterocycles. The predicted octanol–water partition coefficient (Wildman–Crippen LogP) is -3.78. The zero-order valence-corrected chi connectivity index (χ0v) is 23.8. The average Bonchev–Trinajstić information content (AvgIpc) is 3.76. The number of rotatable bonds is 11. The number of epoxide rings is 1. The van der Waals surface area contributed by atoms with Crippen LogP contribution in [-0.2, 0) is 38.0 Å². The molecule has 0 amide bonds. The summed E-state index contributed by atoms with van der Waals surface area (Å²) in [6.07, 6.45) is -12.9. The maximum Gasteiger partial charge on any atom is 0.311 e. The molecule has 16 nitrogen and oxygen atoms in total. The fourth-order valence-electron chi connectivity index (χ4n) is 6.24. The summed E-state index contributed by atoms with van der Waals surface area (Å²) in [5.41, 5.74) is -1.25. The highest BCUT2D eigenvalue weighted by Gasteiger charge is 2.74. The van der Waals surface area contributed by atoms with Gasteiger partial charge < -0.3 is 74.0 Å². The molecule has 8 N–H and O–H groups in total. The average molecular weight is 623 g/mol. The van der Waals surface area contributed by atoms with Crippen LogP contribution in [0.2, 0.25) is 0 Å². The summed E-state index contributed by atoms with van der Waals surface area (Å²) < 4.78 is 39.4. The van der Waals surface area contributed by atoms with Crippen LogP contribution < -0.4 is 0 Å². The molecule has 0 bridgehead atoms. The lowest BCUT2D eigenvalue weighted by atomic mass is 9.79. The van der Waals surface area contributed by atoms with E-state index in [0.717, 1.165) is 0 Å².